The van der Waals surface area contributed by atoms with Crippen molar-refractivity contribution in [2.24, 2.45) is 5.92 Å². The van der Waals surface area contributed by atoms with E-state index < -0.39 is 0 Å². The lowest BCUT2D eigenvalue weighted by molar-refractivity contribution is -0.112. The number of carbonyl (C=O) groups excluding carboxylic acids is 1. The van der Waals surface area contributed by atoms with E-state index in [0.29, 0.717) is 17.2 Å². The number of piperazine rings is 1. The molecule has 1 aromatic carbocycles. The first kappa shape index (κ1) is 18.4. The highest BCUT2D eigenvalue weighted by Gasteiger charge is 2.17. The van der Waals surface area contributed by atoms with E-state index in [-0.39, 0.29) is 5.91 Å². The quantitative estimate of drug-likeness (QED) is 0.817. The van der Waals surface area contributed by atoms with Gasteiger partial charge in [-0.1, -0.05) is 30.4 Å². The van der Waals surface area contributed by atoms with Crippen LogP contribution in [0.25, 0.3) is 0 Å². The van der Waals surface area contributed by atoms with Crippen LogP contribution in [0, 0.1) is 12.8 Å². The van der Waals surface area contributed by atoms with Crippen molar-refractivity contribution in [2.45, 2.75) is 6.92 Å². The van der Waals surface area contributed by atoms with E-state index in [4.69, 9.17) is 5.73 Å². The fraction of sp³-hybridized carbons (Fsp3) is 0.381. The Kier molecular flexibility index (Phi) is 5.91. The summed E-state index contributed by atoms with van der Waals surface area (Å²) in [4.78, 5) is 17.4. The second-order valence-electron chi connectivity index (χ2n) is 7.16. The van der Waals surface area contributed by atoms with Gasteiger partial charge < -0.3 is 16.0 Å². The zero-order valence-electron chi connectivity index (χ0n) is 15.6. The summed E-state index contributed by atoms with van der Waals surface area (Å²) < 4.78 is 0. The van der Waals surface area contributed by atoms with Gasteiger partial charge in [-0.2, -0.15) is 0 Å². The number of nitrogens with two attached hydrogens (primary N) is 1. The largest absolute Gasteiger partial charge is 0.398 e. The van der Waals surface area contributed by atoms with Crippen LogP contribution in [0.4, 0.5) is 11.4 Å². The van der Waals surface area contributed by atoms with Crippen LogP contribution in [0.15, 0.2) is 54.2 Å². The van der Waals surface area contributed by atoms with Gasteiger partial charge >= 0.3 is 0 Å². The summed E-state index contributed by atoms with van der Waals surface area (Å²) in [6.45, 7) is 7.38. The Bertz CT molecular complexity index is 742. The van der Waals surface area contributed by atoms with Crippen molar-refractivity contribution < 1.29 is 4.79 Å². The number of rotatable bonds is 4. The Morgan fingerprint density at radius 2 is 2.00 bits per heavy atom. The van der Waals surface area contributed by atoms with Gasteiger partial charge in [-0.15, -0.1) is 0 Å². The van der Waals surface area contributed by atoms with E-state index in [2.05, 4.69) is 34.3 Å². The van der Waals surface area contributed by atoms with E-state index in [1.165, 1.54) is 0 Å². The van der Waals surface area contributed by atoms with Gasteiger partial charge in [-0.3, -0.25) is 9.69 Å². The lowest BCUT2D eigenvalue weighted by Crippen LogP contribution is -2.45. The van der Waals surface area contributed by atoms with Crippen LogP contribution in [0.2, 0.25) is 0 Å². The number of allylic oxidation sites excluding steroid dienone is 2. The van der Waals surface area contributed by atoms with Crippen LogP contribution in [0.3, 0.4) is 0 Å². The predicted molar refractivity (Wildman–Crippen MR) is 108 cm³/mol. The van der Waals surface area contributed by atoms with E-state index in [1.54, 1.807) is 6.07 Å². The molecular formula is C21H28N4O. The molecule has 1 fully saturated rings. The number of benzene rings is 1. The fourth-order valence-electron chi connectivity index (χ4n) is 3.17. The van der Waals surface area contributed by atoms with Crippen LogP contribution >= 0.6 is 0 Å². The third-order valence-corrected chi connectivity index (χ3v) is 5.02. The number of hydrogen-bond donors (Lipinski definition) is 2. The molecule has 1 aromatic rings. The lowest BCUT2D eigenvalue weighted by Gasteiger charge is -2.33. The van der Waals surface area contributed by atoms with Crippen LogP contribution in [-0.2, 0) is 4.79 Å². The standard InChI is InChI=1S/C21H28N4O/c1-16-6-9-19(14-20(16)22)23-21(26)18-5-3-4-17(7-8-18)15-25-12-10-24(2)11-13-25/h3-9,14,17H,10-13,15,22H2,1-2H3,(H,23,26). The summed E-state index contributed by atoms with van der Waals surface area (Å²) in [7, 11) is 2.17. The molecule has 0 saturated carbocycles. The average Bonchev–Trinajstić information content (AvgIpc) is 2.86. The van der Waals surface area contributed by atoms with Crippen LogP contribution in [-0.4, -0.2) is 55.5 Å². The highest BCUT2D eigenvalue weighted by Crippen LogP contribution is 2.19. The Balaban J connectivity index is 1.57. The Morgan fingerprint density at radius 1 is 1.23 bits per heavy atom. The van der Waals surface area contributed by atoms with E-state index in [0.717, 1.165) is 44.0 Å². The summed E-state index contributed by atoms with van der Waals surface area (Å²) in [5, 5.41) is 2.92. The zero-order chi connectivity index (χ0) is 18.5. The van der Waals surface area contributed by atoms with Crippen molar-refractivity contribution in [3.05, 3.63) is 59.7 Å². The molecule has 1 amide bonds. The maximum absolute atomic E-state index is 12.5. The molecule has 1 saturated heterocycles. The fourth-order valence-corrected chi connectivity index (χ4v) is 3.17. The lowest BCUT2D eigenvalue weighted by atomic mass is 10.1. The van der Waals surface area contributed by atoms with Crippen molar-refractivity contribution >= 4 is 17.3 Å². The number of aryl methyl sites for hydroxylation is 1. The van der Waals surface area contributed by atoms with E-state index in [1.807, 2.05) is 37.3 Å². The maximum Gasteiger partial charge on any atom is 0.255 e. The van der Waals surface area contributed by atoms with Gasteiger partial charge in [0.1, 0.15) is 0 Å². The van der Waals surface area contributed by atoms with Crippen molar-refractivity contribution in [3.8, 4) is 0 Å². The molecule has 1 atom stereocenters. The van der Waals surface area contributed by atoms with Gasteiger partial charge in [-0.05, 0) is 37.7 Å². The Morgan fingerprint density at radius 3 is 2.73 bits per heavy atom. The molecule has 0 bridgehead atoms. The number of nitrogen functional groups attached to an aromatic ring is 1. The molecule has 0 aromatic heterocycles. The second kappa shape index (κ2) is 8.34. The molecule has 26 heavy (non-hydrogen) atoms. The van der Waals surface area contributed by atoms with Crippen LogP contribution in [0.5, 0.6) is 0 Å². The van der Waals surface area contributed by atoms with Gasteiger partial charge in [0.05, 0.1) is 0 Å². The van der Waals surface area contributed by atoms with Crippen LogP contribution < -0.4 is 11.1 Å². The summed E-state index contributed by atoms with van der Waals surface area (Å²) in [6, 6.07) is 5.57. The highest BCUT2D eigenvalue weighted by atomic mass is 16.1. The van der Waals surface area contributed by atoms with Crippen molar-refractivity contribution in [1.29, 1.82) is 0 Å². The molecule has 3 N–H and O–H groups in total. The van der Waals surface area contributed by atoms with Gasteiger partial charge in [0, 0.05) is 55.6 Å². The SMILES string of the molecule is Cc1ccc(NC(=O)C2=CC=CC(CN3CCN(C)CC3)C=C2)cc1N. The number of nitrogens with one attached hydrogen (secondary N) is 1. The predicted octanol–water partition coefficient (Wildman–Crippen LogP) is 2.43. The number of likely N-dealkylation sites (N-methyl/N-ethyl adjacent to an activating group) is 1. The first-order valence-electron chi connectivity index (χ1n) is 9.16. The zero-order valence-corrected chi connectivity index (χ0v) is 15.6. The smallest absolute Gasteiger partial charge is 0.255 e. The molecular weight excluding hydrogens is 324 g/mol. The van der Waals surface area contributed by atoms with Crippen molar-refractivity contribution in [1.82, 2.24) is 9.80 Å². The van der Waals surface area contributed by atoms with Crippen molar-refractivity contribution in [2.75, 3.05) is 50.8 Å². The molecule has 5 heteroatoms. The third-order valence-electron chi connectivity index (χ3n) is 5.02. The molecule has 1 unspecified atom stereocenters. The summed E-state index contributed by atoms with van der Waals surface area (Å²) in [6.07, 6.45) is 10.1. The number of amides is 1. The average molecular weight is 352 g/mol. The summed E-state index contributed by atoms with van der Waals surface area (Å²) >= 11 is 0. The molecule has 3 rings (SSSR count). The molecule has 138 valence electrons. The van der Waals surface area contributed by atoms with Crippen molar-refractivity contribution in [3.63, 3.8) is 0 Å². The third kappa shape index (κ3) is 4.84. The number of nitrogens with zero attached hydrogens (tertiary/aromatic N) is 2. The minimum Gasteiger partial charge on any atom is -0.398 e. The van der Waals surface area contributed by atoms with Gasteiger partial charge in [0.2, 0.25) is 0 Å². The second-order valence-corrected chi connectivity index (χ2v) is 7.16. The topological polar surface area (TPSA) is 61.6 Å². The van der Waals surface area contributed by atoms with Gasteiger partial charge in [0.15, 0.2) is 0 Å². The number of carbonyl (C=O) groups is 1. The molecule has 5 nitrogen and oxygen atoms in total. The first-order valence-corrected chi connectivity index (χ1v) is 9.16. The molecule has 2 aliphatic rings. The van der Waals surface area contributed by atoms with Gasteiger partial charge in [-0.25, -0.2) is 0 Å². The minimum absolute atomic E-state index is 0.116. The normalized spacial score (nSPS) is 21.3. The number of anilines is 2. The minimum atomic E-state index is -0.116. The summed E-state index contributed by atoms with van der Waals surface area (Å²) in [5.41, 5.74) is 8.97. The molecule has 0 radical (unpaired) electrons. The number of hydrogen-bond acceptors (Lipinski definition) is 4. The highest BCUT2D eigenvalue weighted by molar-refractivity contribution is 6.06. The monoisotopic (exact) mass is 352 g/mol. The van der Waals surface area contributed by atoms with Gasteiger partial charge in [0.25, 0.3) is 5.91 Å². The molecule has 1 aliphatic carbocycles. The summed E-state index contributed by atoms with van der Waals surface area (Å²) in [5.74, 6) is 0.212. The molecule has 1 aliphatic heterocycles. The Hall–Kier alpha value is -2.37. The van der Waals surface area contributed by atoms with E-state index in [9.17, 15) is 4.79 Å². The molecule has 0 spiro atoms. The van der Waals surface area contributed by atoms with E-state index >= 15 is 0 Å². The van der Waals surface area contributed by atoms with Crippen LogP contribution in [0.1, 0.15) is 5.56 Å². The maximum atomic E-state index is 12.5. The first-order chi connectivity index (χ1) is 12.5. The molecule has 1 heterocycles. The Labute approximate surface area is 155 Å².